The molecule has 2 rings (SSSR count). The van der Waals surface area contributed by atoms with E-state index in [9.17, 15) is 4.79 Å². The van der Waals surface area contributed by atoms with Crippen LogP contribution in [0.4, 0.5) is 4.79 Å². The summed E-state index contributed by atoms with van der Waals surface area (Å²) in [4.78, 5) is 14.6. The van der Waals surface area contributed by atoms with Gasteiger partial charge in [-0.2, -0.15) is 0 Å². The number of amides is 2. The summed E-state index contributed by atoms with van der Waals surface area (Å²) < 4.78 is 11.5. The van der Waals surface area contributed by atoms with Crippen molar-refractivity contribution in [3.8, 4) is 5.75 Å². The van der Waals surface area contributed by atoms with E-state index >= 15 is 0 Å². The number of benzene rings is 1. The zero-order valence-electron chi connectivity index (χ0n) is 18.7. The van der Waals surface area contributed by atoms with Crippen LogP contribution in [-0.4, -0.2) is 62.0 Å². The lowest BCUT2D eigenvalue weighted by Crippen LogP contribution is -2.50. The van der Waals surface area contributed by atoms with E-state index in [1.165, 1.54) is 5.56 Å². The fraction of sp³-hybridized carbons (Fsp3) is 0.696. The molecule has 1 aromatic carbocycles. The van der Waals surface area contributed by atoms with E-state index in [-0.39, 0.29) is 24.3 Å². The van der Waals surface area contributed by atoms with Gasteiger partial charge < -0.3 is 20.1 Å². The van der Waals surface area contributed by atoms with Gasteiger partial charge in [-0.05, 0) is 57.2 Å². The lowest BCUT2D eigenvalue weighted by Gasteiger charge is -2.34. The largest absolute Gasteiger partial charge is 0.491 e. The molecule has 1 fully saturated rings. The molecule has 1 aliphatic heterocycles. The molecule has 0 bridgehead atoms. The highest BCUT2D eigenvalue weighted by Crippen LogP contribution is 2.15. The Bertz CT molecular complexity index is 604. The Morgan fingerprint density at radius 2 is 1.93 bits per heavy atom. The Morgan fingerprint density at radius 1 is 1.21 bits per heavy atom. The molecule has 2 atom stereocenters. The number of aryl methyl sites for hydroxylation is 1. The average Bonchev–Trinajstić information content (AvgIpc) is 2.65. The third-order valence-corrected chi connectivity index (χ3v) is 4.88. The van der Waals surface area contributed by atoms with Crippen molar-refractivity contribution < 1.29 is 14.3 Å². The Kier molecular flexibility index (Phi) is 9.74. The van der Waals surface area contributed by atoms with Gasteiger partial charge >= 0.3 is 6.03 Å². The molecule has 29 heavy (non-hydrogen) atoms. The van der Waals surface area contributed by atoms with Crippen LogP contribution in [0.3, 0.4) is 0 Å². The smallest absolute Gasteiger partial charge is 0.315 e. The minimum atomic E-state index is -0.122. The fourth-order valence-corrected chi connectivity index (χ4v) is 3.53. The normalized spacial score (nSPS) is 18.7. The van der Waals surface area contributed by atoms with Crippen molar-refractivity contribution >= 4 is 6.03 Å². The predicted molar refractivity (Wildman–Crippen MR) is 118 cm³/mol. The molecule has 164 valence electrons. The molecule has 6 nitrogen and oxygen atoms in total. The maximum atomic E-state index is 12.2. The first-order chi connectivity index (χ1) is 13.8. The molecule has 6 heteroatoms. The maximum Gasteiger partial charge on any atom is 0.315 e. The zero-order valence-corrected chi connectivity index (χ0v) is 18.7. The van der Waals surface area contributed by atoms with Crippen LogP contribution in [-0.2, 0) is 11.2 Å². The quantitative estimate of drug-likeness (QED) is 0.626. The van der Waals surface area contributed by atoms with Gasteiger partial charge in [0.25, 0.3) is 0 Å². The highest BCUT2D eigenvalue weighted by Gasteiger charge is 2.21. The first kappa shape index (κ1) is 23.5. The zero-order chi connectivity index (χ0) is 21.2. The second kappa shape index (κ2) is 12.0. The predicted octanol–water partition coefficient (Wildman–Crippen LogP) is 3.45. The molecule has 0 spiro atoms. The molecule has 2 amide bonds. The molecule has 1 heterocycles. The van der Waals surface area contributed by atoms with Crippen LogP contribution in [0.1, 0.15) is 46.6 Å². The number of ether oxygens (including phenoxy) is 2. The van der Waals surface area contributed by atoms with Crippen LogP contribution in [0.2, 0.25) is 0 Å². The first-order valence-electron chi connectivity index (χ1n) is 11.0. The van der Waals surface area contributed by atoms with Crippen LogP contribution in [0.15, 0.2) is 24.3 Å². The summed E-state index contributed by atoms with van der Waals surface area (Å²) in [6.45, 7) is 14.7. The monoisotopic (exact) mass is 405 g/mol. The van der Waals surface area contributed by atoms with Gasteiger partial charge in [0.05, 0.1) is 18.8 Å². The van der Waals surface area contributed by atoms with Gasteiger partial charge in [-0.15, -0.1) is 0 Å². The molecule has 0 radical (unpaired) electrons. The Labute approximate surface area is 176 Å². The molecule has 0 aliphatic carbocycles. The average molecular weight is 406 g/mol. The number of rotatable bonds is 10. The minimum Gasteiger partial charge on any atom is -0.491 e. The van der Waals surface area contributed by atoms with Crippen LogP contribution < -0.4 is 15.4 Å². The molecule has 1 aromatic rings. The number of nitrogens with zero attached hydrogens (tertiary/aromatic N) is 1. The van der Waals surface area contributed by atoms with E-state index in [1.54, 1.807) is 0 Å². The summed E-state index contributed by atoms with van der Waals surface area (Å²) in [6, 6.07) is 8.18. The Hall–Kier alpha value is -1.79. The first-order valence-corrected chi connectivity index (χ1v) is 11.0. The van der Waals surface area contributed by atoms with Crippen molar-refractivity contribution in [2.45, 2.75) is 65.7 Å². The van der Waals surface area contributed by atoms with Crippen molar-refractivity contribution in [3.63, 3.8) is 0 Å². The molecule has 1 aliphatic rings. The number of morpholine rings is 1. The van der Waals surface area contributed by atoms with Gasteiger partial charge in [0.15, 0.2) is 0 Å². The topological polar surface area (TPSA) is 62.8 Å². The van der Waals surface area contributed by atoms with E-state index in [0.717, 1.165) is 44.8 Å². The van der Waals surface area contributed by atoms with E-state index < -0.39 is 0 Å². The van der Waals surface area contributed by atoms with Crippen LogP contribution in [0, 0.1) is 5.92 Å². The van der Waals surface area contributed by atoms with E-state index in [1.807, 2.05) is 32.9 Å². The van der Waals surface area contributed by atoms with Crippen molar-refractivity contribution in [1.82, 2.24) is 15.5 Å². The summed E-state index contributed by atoms with van der Waals surface area (Å²) in [5.41, 5.74) is 1.25. The van der Waals surface area contributed by atoms with Gasteiger partial charge in [0.1, 0.15) is 5.75 Å². The van der Waals surface area contributed by atoms with Crippen LogP contribution in [0.25, 0.3) is 0 Å². The molecular weight excluding hydrogens is 366 g/mol. The third-order valence-electron chi connectivity index (χ3n) is 4.88. The summed E-state index contributed by atoms with van der Waals surface area (Å²) in [5, 5.41) is 5.99. The summed E-state index contributed by atoms with van der Waals surface area (Å²) in [7, 11) is 0. The van der Waals surface area contributed by atoms with Gasteiger partial charge in [0, 0.05) is 32.2 Å². The second-order valence-corrected chi connectivity index (χ2v) is 8.75. The lowest BCUT2D eigenvalue weighted by molar-refractivity contribution is -0.0290. The second-order valence-electron chi connectivity index (χ2n) is 8.75. The maximum absolute atomic E-state index is 12.2. The molecule has 0 saturated carbocycles. The minimum absolute atomic E-state index is 0.0649. The molecule has 2 N–H and O–H groups in total. The molecular formula is C23H39N3O3. The molecule has 1 saturated heterocycles. The SMILES string of the molecule is CC(C)CN1CCOC(CNC(=O)NC(C)CCc2ccc(OC(C)C)cc2)C1. The number of nitrogens with one attached hydrogen (secondary N) is 2. The number of hydrogen-bond donors (Lipinski definition) is 2. The number of urea groups is 1. The van der Waals surface area contributed by atoms with Crippen molar-refractivity contribution in [3.05, 3.63) is 29.8 Å². The van der Waals surface area contributed by atoms with E-state index in [2.05, 4.69) is 41.5 Å². The highest BCUT2D eigenvalue weighted by molar-refractivity contribution is 5.74. The van der Waals surface area contributed by atoms with Gasteiger partial charge in [-0.3, -0.25) is 4.90 Å². The van der Waals surface area contributed by atoms with Crippen LogP contribution >= 0.6 is 0 Å². The van der Waals surface area contributed by atoms with Crippen molar-refractivity contribution in [1.29, 1.82) is 0 Å². The highest BCUT2D eigenvalue weighted by atomic mass is 16.5. The van der Waals surface area contributed by atoms with Gasteiger partial charge in [0.2, 0.25) is 0 Å². The fourth-order valence-electron chi connectivity index (χ4n) is 3.53. The standard InChI is InChI=1S/C23H39N3O3/c1-17(2)15-26-12-13-28-22(16-26)14-24-23(27)25-19(5)6-7-20-8-10-21(11-9-20)29-18(3)4/h8-11,17-19,22H,6-7,12-16H2,1-5H3,(H2,24,25,27). The number of hydrogen-bond acceptors (Lipinski definition) is 4. The molecule has 2 unspecified atom stereocenters. The number of carbonyl (C=O) groups is 1. The lowest BCUT2D eigenvalue weighted by atomic mass is 10.1. The van der Waals surface area contributed by atoms with E-state index in [4.69, 9.17) is 9.47 Å². The van der Waals surface area contributed by atoms with Gasteiger partial charge in [-0.25, -0.2) is 4.79 Å². The molecule has 0 aromatic heterocycles. The summed E-state index contributed by atoms with van der Waals surface area (Å²) in [5.74, 6) is 1.54. The summed E-state index contributed by atoms with van der Waals surface area (Å²) in [6.07, 6.45) is 2.05. The third kappa shape index (κ3) is 9.50. The van der Waals surface area contributed by atoms with Crippen LogP contribution in [0.5, 0.6) is 5.75 Å². The summed E-state index contributed by atoms with van der Waals surface area (Å²) >= 11 is 0. The van der Waals surface area contributed by atoms with E-state index in [0.29, 0.717) is 12.5 Å². The van der Waals surface area contributed by atoms with Crippen molar-refractivity contribution in [2.24, 2.45) is 5.92 Å². The van der Waals surface area contributed by atoms with Gasteiger partial charge in [-0.1, -0.05) is 26.0 Å². The number of carbonyl (C=O) groups excluding carboxylic acids is 1. The Morgan fingerprint density at radius 3 is 2.59 bits per heavy atom. The van der Waals surface area contributed by atoms with Crippen molar-refractivity contribution in [2.75, 3.05) is 32.8 Å². The Balaban J connectivity index is 1.64.